The van der Waals surface area contributed by atoms with Crippen molar-refractivity contribution in [3.8, 4) is 0 Å². The van der Waals surface area contributed by atoms with Gasteiger partial charge in [-0.15, -0.1) is 0 Å². The van der Waals surface area contributed by atoms with Crippen LogP contribution >= 0.6 is 0 Å². The third kappa shape index (κ3) is 4.79. The Balaban J connectivity index is 2.41. The summed E-state index contributed by atoms with van der Waals surface area (Å²) in [6, 6.07) is 5.96. The number of hydrogen-bond acceptors (Lipinski definition) is 5. The quantitative estimate of drug-likeness (QED) is 0.426. The number of nitrogens with zero attached hydrogens (tertiary/aromatic N) is 2. The third-order valence-corrected chi connectivity index (χ3v) is 2.56. The molecular weight excluding hydrogens is 234 g/mol. The van der Waals surface area contributed by atoms with Crippen LogP contribution in [-0.2, 0) is 0 Å². The van der Waals surface area contributed by atoms with Crippen molar-refractivity contribution >= 4 is 5.69 Å². The van der Waals surface area contributed by atoms with E-state index < -0.39 is 11.0 Å². The van der Waals surface area contributed by atoms with Gasteiger partial charge in [-0.2, -0.15) is 0 Å². The van der Waals surface area contributed by atoms with Crippen LogP contribution in [0.4, 0.5) is 5.69 Å². The molecule has 1 aromatic carbocycles. The topological polar surface area (TPSA) is 78.6 Å². The van der Waals surface area contributed by atoms with Gasteiger partial charge >= 0.3 is 0 Å². The van der Waals surface area contributed by atoms with Crippen LogP contribution in [-0.4, -0.2) is 48.7 Å². The van der Waals surface area contributed by atoms with E-state index in [1.54, 1.807) is 12.1 Å². The molecule has 2 N–H and O–H groups in total. The van der Waals surface area contributed by atoms with Crippen molar-refractivity contribution in [2.24, 2.45) is 0 Å². The molecule has 0 bridgehead atoms. The summed E-state index contributed by atoms with van der Waals surface area (Å²) in [7, 11) is 3.96. The highest BCUT2D eigenvalue weighted by molar-refractivity contribution is 5.33. The normalized spacial score (nSPS) is 12.7. The van der Waals surface area contributed by atoms with E-state index in [9.17, 15) is 15.2 Å². The second-order valence-corrected chi connectivity index (χ2v) is 4.37. The lowest BCUT2D eigenvalue weighted by Gasteiger charge is -2.14. The summed E-state index contributed by atoms with van der Waals surface area (Å²) in [6.07, 6.45) is -0.645. The van der Waals surface area contributed by atoms with Gasteiger partial charge in [0, 0.05) is 31.8 Å². The predicted octanol–water partition coefficient (Wildman–Crippen LogP) is 0.779. The van der Waals surface area contributed by atoms with Crippen molar-refractivity contribution < 1.29 is 10.0 Å². The molecule has 1 aromatic rings. The first-order valence-electron chi connectivity index (χ1n) is 5.78. The second-order valence-electron chi connectivity index (χ2n) is 4.37. The van der Waals surface area contributed by atoms with E-state index in [4.69, 9.17) is 0 Å². The molecule has 6 heteroatoms. The minimum absolute atomic E-state index is 0.0338. The van der Waals surface area contributed by atoms with Crippen LogP contribution in [0.2, 0.25) is 0 Å². The van der Waals surface area contributed by atoms with Crippen molar-refractivity contribution in [3.05, 3.63) is 39.9 Å². The number of hydrogen-bond donors (Lipinski definition) is 2. The molecule has 0 radical (unpaired) electrons. The van der Waals surface area contributed by atoms with Gasteiger partial charge in [0.2, 0.25) is 0 Å². The molecule has 0 saturated carbocycles. The van der Waals surface area contributed by atoms with E-state index in [-0.39, 0.29) is 5.69 Å². The summed E-state index contributed by atoms with van der Waals surface area (Å²) in [6.45, 7) is 2.12. The molecule has 6 nitrogen and oxygen atoms in total. The molecule has 1 atom stereocenters. The van der Waals surface area contributed by atoms with Crippen molar-refractivity contribution in [1.82, 2.24) is 10.2 Å². The maximum absolute atomic E-state index is 10.5. The molecule has 1 unspecified atom stereocenters. The molecule has 100 valence electrons. The lowest BCUT2D eigenvalue weighted by atomic mass is 10.1. The smallest absolute Gasteiger partial charge is 0.269 e. The first-order valence-corrected chi connectivity index (χ1v) is 5.78. The molecule has 0 amide bonds. The van der Waals surface area contributed by atoms with Gasteiger partial charge in [-0.3, -0.25) is 10.1 Å². The summed E-state index contributed by atoms with van der Waals surface area (Å²) in [4.78, 5) is 12.1. The van der Waals surface area contributed by atoms with Crippen molar-refractivity contribution in [3.63, 3.8) is 0 Å². The van der Waals surface area contributed by atoms with Crippen LogP contribution in [0.1, 0.15) is 11.7 Å². The van der Waals surface area contributed by atoms with Crippen LogP contribution in [0.3, 0.4) is 0 Å². The van der Waals surface area contributed by atoms with Gasteiger partial charge in [-0.1, -0.05) is 0 Å². The summed E-state index contributed by atoms with van der Waals surface area (Å²) < 4.78 is 0. The highest BCUT2D eigenvalue weighted by Gasteiger charge is 2.09. The zero-order valence-electron chi connectivity index (χ0n) is 10.7. The SMILES string of the molecule is CN(C)CCNCC(O)c1ccc([N+](=O)[O-])cc1. The average Bonchev–Trinajstić information content (AvgIpc) is 2.34. The molecule has 18 heavy (non-hydrogen) atoms. The Labute approximate surface area is 106 Å². The standard InChI is InChI=1S/C12H19N3O3/c1-14(2)8-7-13-9-12(16)10-3-5-11(6-4-10)15(17)18/h3-6,12-13,16H,7-9H2,1-2H3. The number of nitro benzene ring substituents is 1. The number of nitrogens with one attached hydrogen (secondary N) is 1. The van der Waals surface area contributed by atoms with E-state index in [2.05, 4.69) is 5.32 Å². The zero-order valence-corrected chi connectivity index (χ0v) is 10.7. The summed E-state index contributed by atoms with van der Waals surface area (Å²) in [5.41, 5.74) is 0.712. The van der Waals surface area contributed by atoms with E-state index in [0.29, 0.717) is 12.1 Å². The Morgan fingerprint density at radius 2 is 2.00 bits per heavy atom. The fraction of sp³-hybridized carbons (Fsp3) is 0.500. The largest absolute Gasteiger partial charge is 0.387 e. The first kappa shape index (κ1) is 14.6. The third-order valence-electron chi connectivity index (χ3n) is 2.56. The van der Waals surface area contributed by atoms with Crippen LogP contribution in [0.15, 0.2) is 24.3 Å². The predicted molar refractivity (Wildman–Crippen MR) is 69.5 cm³/mol. The molecule has 0 aliphatic heterocycles. The Morgan fingerprint density at radius 3 is 2.50 bits per heavy atom. The van der Waals surface area contributed by atoms with E-state index in [0.717, 1.165) is 13.1 Å². The van der Waals surface area contributed by atoms with Crippen molar-refractivity contribution in [1.29, 1.82) is 0 Å². The van der Waals surface area contributed by atoms with Crippen LogP contribution in [0, 0.1) is 10.1 Å². The molecule has 0 aliphatic rings. The number of likely N-dealkylation sites (N-methyl/N-ethyl adjacent to an activating group) is 1. The molecule has 0 heterocycles. The van der Waals surface area contributed by atoms with Crippen molar-refractivity contribution in [2.45, 2.75) is 6.10 Å². The van der Waals surface area contributed by atoms with Crippen LogP contribution in [0.25, 0.3) is 0 Å². The maximum atomic E-state index is 10.5. The maximum Gasteiger partial charge on any atom is 0.269 e. The minimum atomic E-state index is -0.645. The summed E-state index contributed by atoms with van der Waals surface area (Å²) in [5.74, 6) is 0. The Morgan fingerprint density at radius 1 is 1.39 bits per heavy atom. The first-order chi connectivity index (χ1) is 8.50. The summed E-state index contributed by atoms with van der Waals surface area (Å²) >= 11 is 0. The fourth-order valence-corrected chi connectivity index (χ4v) is 1.48. The molecule has 0 spiro atoms. The van der Waals surface area contributed by atoms with E-state index >= 15 is 0 Å². The Hall–Kier alpha value is -1.50. The Kier molecular flexibility index (Phi) is 5.70. The monoisotopic (exact) mass is 253 g/mol. The van der Waals surface area contributed by atoms with Gasteiger partial charge in [0.25, 0.3) is 5.69 Å². The van der Waals surface area contributed by atoms with Gasteiger partial charge in [-0.25, -0.2) is 0 Å². The lowest BCUT2D eigenvalue weighted by molar-refractivity contribution is -0.384. The zero-order chi connectivity index (χ0) is 13.5. The van der Waals surface area contributed by atoms with Crippen molar-refractivity contribution in [2.75, 3.05) is 33.7 Å². The number of aliphatic hydroxyl groups is 1. The fourth-order valence-electron chi connectivity index (χ4n) is 1.48. The molecule has 0 aromatic heterocycles. The number of non-ortho nitro benzene ring substituents is 1. The van der Waals surface area contributed by atoms with Gasteiger partial charge < -0.3 is 15.3 Å². The van der Waals surface area contributed by atoms with Gasteiger partial charge in [0.05, 0.1) is 11.0 Å². The highest BCUT2D eigenvalue weighted by atomic mass is 16.6. The molecule has 0 aliphatic carbocycles. The molecule has 1 rings (SSSR count). The van der Waals surface area contributed by atoms with Gasteiger partial charge in [0.1, 0.15) is 0 Å². The molecule has 0 fully saturated rings. The number of nitro groups is 1. The van der Waals surface area contributed by atoms with Gasteiger partial charge in [0.15, 0.2) is 0 Å². The van der Waals surface area contributed by atoms with Crippen LogP contribution in [0.5, 0.6) is 0 Å². The number of benzene rings is 1. The Bertz CT molecular complexity index is 379. The molecule has 0 saturated heterocycles. The molecular formula is C12H19N3O3. The highest BCUT2D eigenvalue weighted by Crippen LogP contribution is 2.17. The number of rotatable bonds is 7. The minimum Gasteiger partial charge on any atom is -0.387 e. The number of aliphatic hydroxyl groups excluding tert-OH is 1. The van der Waals surface area contributed by atoms with Gasteiger partial charge in [-0.05, 0) is 31.8 Å². The average molecular weight is 253 g/mol. The lowest BCUT2D eigenvalue weighted by Crippen LogP contribution is -2.29. The van der Waals surface area contributed by atoms with E-state index in [1.807, 2.05) is 19.0 Å². The van der Waals surface area contributed by atoms with Crippen LogP contribution < -0.4 is 5.32 Å². The second kappa shape index (κ2) is 7.05. The van der Waals surface area contributed by atoms with E-state index in [1.165, 1.54) is 12.1 Å². The summed E-state index contributed by atoms with van der Waals surface area (Å²) in [5, 5.41) is 23.5.